The van der Waals surface area contributed by atoms with Crippen LogP contribution in [-0.4, -0.2) is 36.4 Å². The van der Waals surface area contributed by atoms with Crippen LogP contribution in [0.4, 0.5) is 5.69 Å². The summed E-state index contributed by atoms with van der Waals surface area (Å²) in [5.41, 5.74) is 3.79. The summed E-state index contributed by atoms with van der Waals surface area (Å²) >= 11 is 1.65. The van der Waals surface area contributed by atoms with E-state index in [1.165, 1.54) is 0 Å². The zero-order valence-electron chi connectivity index (χ0n) is 17.2. The zero-order valence-corrected chi connectivity index (χ0v) is 18.0. The number of benzene rings is 2. The standard InChI is InChI=1S/C22H26N4O2S/c1-14-8-7-9-15(2)21(14)25-19(27)12-23-22(28)16(3)26(4)13-20-24-17-10-5-6-11-18(17)29-20/h5-11,16H,12-13H2,1-4H3,(H,23,28)(H,25,27)/p+1/t16-/m1/s1. The molecule has 2 amide bonds. The van der Waals surface area contributed by atoms with Crippen molar-refractivity contribution in [1.29, 1.82) is 0 Å². The molecule has 7 heteroatoms. The number of hydrogen-bond donors (Lipinski definition) is 3. The van der Waals surface area contributed by atoms with E-state index in [4.69, 9.17) is 0 Å². The summed E-state index contributed by atoms with van der Waals surface area (Å²) in [7, 11) is 1.97. The van der Waals surface area contributed by atoms with Crippen molar-refractivity contribution >= 4 is 39.1 Å². The van der Waals surface area contributed by atoms with E-state index >= 15 is 0 Å². The summed E-state index contributed by atoms with van der Waals surface area (Å²) in [6, 6.07) is 13.6. The highest BCUT2D eigenvalue weighted by atomic mass is 32.1. The third-order valence-corrected chi connectivity index (χ3v) is 6.11. The molecule has 3 aromatic rings. The van der Waals surface area contributed by atoms with E-state index in [2.05, 4.69) is 21.7 Å². The predicted octanol–water partition coefficient (Wildman–Crippen LogP) is 2.07. The number of fused-ring (bicyclic) bond motifs is 1. The molecule has 0 aliphatic carbocycles. The van der Waals surface area contributed by atoms with Gasteiger partial charge in [0.1, 0.15) is 11.6 Å². The number of anilines is 1. The summed E-state index contributed by atoms with van der Waals surface area (Å²) in [5, 5.41) is 6.63. The number of likely N-dealkylation sites (N-methyl/N-ethyl adjacent to an activating group) is 1. The van der Waals surface area contributed by atoms with E-state index < -0.39 is 0 Å². The molecule has 1 aromatic heterocycles. The van der Waals surface area contributed by atoms with Gasteiger partial charge in [0.2, 0.25) is 5.91 Å². The lowest BCUT2D eigenvalue weighted by Crippen LogP contribution is -3.12. The first-order valence-electron chi connectivity index (χ1n) is 9.65. The number of amides is 2. The second-order valence-corrected chi connectivity index (χ2v) is 8.47. The smallest absolute Gasteiger partial charge is 0.278 e. The van der Waals surface area contributed by atoms with Gasteiger partial charge in [0.25, 0.3) is 5.91 Å². The summed E-state index contributed by atoms with van der Waals surface area (Å²) < 4.78 is 1.15. The fourth-order valence-electron chi connectivity index (χ4n) is 3.13. The monoisotopic (exact) mass is 411 g/mol. The number of thiazole rings is 1. The first-order chi connectivity index (χ1) is 13.8. The molecule has 3 N–H and O–H groups in total. The van der Waals surface area contributed by atoms with Gasteiger partial charge in [-0.3, -0.25) is 9.59 Å². The van der Waals surface area contributed by atoms with Gasteiger partial charge in [0.15, 0.2) is 6.04 Å². The van der Waals surface area contributed by atoms with Gasteiger partial charge < -0.3 is 15.5 Å². The van der Waals surface area contributed by atoms with E-state index in [0.29, 0.717) is 6.54 Å². The van der Waals surface area contributed by atoms with Crippen molar-refractivity contribution in [1.82, 2.24) is 10.3 Å². The molecule has 1 heterocycles. The molecule has 6 nitrogen and oxygen atoms in total. The van der Waals surface area contributed by atoms with Crippen molar-refractivity contribution in [3.05, 3.63) is 58.6 Å². The number of hydrogen-bond acceptors (Lipinski definition) is 4. The normalized spacial score (nSPS) is 13.1. The maximum atomic E-state index is 12.5. The SMILES string of the molecule is Cc1cccc(C)c1NC(=O)CNC(=O)[C@@H](C)[NH+](C)Cc1nc2ccccc2s1. The Labute approximate surface area is 174 Å². The molecule has 0 fully saturated rings. The molecule has 0 saturated heterocycles. The lowest BCUT2D eigenvalue weighted by Gasteiger charge is -2.20. The number of nitrogens with zero attached hydrogens (tertiary/aromatic N) is 1. The molecule has 2 aromatic carbocycles. The number of nitrogens with one attached hydrogen (secondary N) is 3. The van der Waals surface area contributed by atoms with Crippen LogP contribution in [0.15, 0.2) is 42.5 Å². The molecule has 0 aliphatic rings. The summed E-state index contributed by atoms with van der Waals surface area (Å²) in [6.07, 6.45) is 0. The van der Waals surface area contributed by atoms with Crippen LogP contribution in [0.25, 0.3) is 10.2 Å². The molecule has 29 heavy (non-hydrogen) atoms. The van der Waals surface area contributed by atoms with Gasteiger partial charge in [-0.15, -0.1) is 11.3 Å². The Morgan fingerprint density at radius 2 is 1.79 bits per heavy atom. The van der Waals surface area contributed by atoms with Crippen molar-refractivity contribution < 1.29 is 14.5 Å². The van der Waals surface area contributed by atoms with E-state index in [1.807, 2.05) is 64.2 Å². The van der Waals surface area contributed by atoms with Gasteiger partial charge in [0, 0.05) is 5.69 Å². The lowest BCUT2D eigenvalue weighted by molar-refractivity contribution is -0.908. The Kier molecular flexibility index (Phi) is 6.61. The van der Waals surface area contributed by atoms with Crippen LogP contribution >= 0.6 is 11.3 Å². The van der Waals surface area contributed by atoms with E-state index in [9.17, 15) is 9.59 Å². The summed E-state index contributed by atoms with van der Waals surface area (Å²) in [6.45, 7) is 6.36. The van der Waals surface area contributed by atoms with Gasteiger partial charge in [-0.1, -0.05) is 30.3 Å². The minimum atomic E-state index is -0.296. The summed E-state index contributed by atoms with van der Waals surface area (Å²) in [5.74, 6) is -0.382. The number of quaternary nitrogens is 1. The number of aromatic nitrogens is 1. The van der Waals surface area contributed by atoms with Gasteiger partial charge in [-0.2, -0.15) is 0 Å². The Morgan fingerprint density at radius 1 is 1.10 bits per heavy atom. The minimum Gasteiger partial charge on any atom is -0.342 e. The Balaban J connectivity index is 1.52. The van der Waals surface area contributed by atoms with Crippen LogP contribution in [0.2, 0.25) is 0 Å². The van der Waals surface area contributed by atoms with Crippen LogP contribution in [0.5, 0.6) is 0 Å². The van der Waals surface area contributed by atoms with Gasteiger partial charge >= 0.3 is 0 Å². The van der Waals surface area contributed by atoms with E-state index in [0.717, 1.165) is 36.9 Å². The highest BCUT2D eigenvalue weighted by molar-refractivity contribution is 7.18. The minimum absolute atomic E-state index is 0.0502. The molecule has 0 bridgehead atoms. The first kappa shape index (κ1) is 21.0. The molecule has 0 saturated carbocycles. The predicted molar refractivity (Wildman–Crippen MR) is 117 cm³/mol. The topological polar surface area (TPSA) is 75.5 Å². The quantitative estimate of drug-likeness (QED) is 0.557. The Hall–Kier alpha value is -2.77. The number of aryl methyl sites for hydroxylation is 2. The van der Waals surface area contributed by atoms with Gasteiger partial charge in [-0.25, -0.2) is 4.98 Å². The second kappa shape index (κ2) is 9.15. The van der Waals surface area contributed by atoms with Crippen molar-refractivity contribution in [2.75, 3.05) is 18.9 Å². The molecule has 1 unspecified atom stereocenters. The third kappa shape index (κ3) is 5.19. The molecule has 0 spiro atoms. The number of rotatable bonds is 7. The molecular weight excluding hydrogens is 384 g/mol. The Bertz CT molecular complexity index is 977. The van der Waals surface area contributed by atoms with Crippen molar-refractivity contribution in [2.45, 2.75) is 33.4 Å². The lowest BCUT2D eigenvalue weighted by atomic mass is 10.1. The molecule has 152 valence electrons. The van der Waals surface area contributed by atoms with Crippen LogP contribution in [-0.2, 0) is 16.1 Å². The van der Waals surface area contributed by atoms with Crippen molar-refractivity contribution in [3.63, 3.8) is 0 Å². The average molecular weight is 412 g/mol. The molecule has 0 radical (unpaired) electrons. The Morgan fingerprint density at radius 3 is 2.48 bits per heavy atom. The maximum absolute atomic E-state index is 12.5. The highest BCUT2D eigenvalue weighted by Gasteiger charge is 2.23. The van der Waals surface area contributed by atoms with Crippen LogP contribution in [0, 0.1) is 13.8 Å². The largest absolute Gasteiger partial charge is 0.342 e. The zero-order chi connectivity index (χ0) is 21.0. The highest BCUT2D eigenvalue weighted by Crippen LogP contribution is 2.21. The third-order valence-electron chi connectivity index (χ3n) is 5.07. The maximum Gasteiger partial charge on any atom is 0.278 e. The first-order valence-corrected chi connectivity index (χ1v) is 10.5. The van der Waals surface area contributed by atoms with Gasteiger partial charge in [0.05, 0.1) is 23.8 Å². The number of carbonyl (C=O) groups excluding carboxylic acids is 2. The summed E-state index contributed by atoms with van der Waals surface area (Å²) in [4.78, 5) is 30.4. The number of carbonyl (C=O) groups is 2. The van der Waals surface area contributed by atoms with Gasteiger partial charge in [-0.05, 0) is 44.0 Å². The average Bonchev–Trinajstić information content (AvgIpc) is 3.10. The van der Waals surface area contributed by atoms with E-state index in [1.54, 1.807) is 11.3 Å². The van der Waals surface area contributed by atoms with Crippen LogP contribution in [0.3, 0.4) is 0 Å². The molecular formula is C22H27N4O2S+. The fraction of sp³-hybridized carbons (Fsp3) is 0.318. The molecule has 2 atom stereocenters. The van der Waals surface area contributed by atoms with Crippen LogP contribution in [0.1, 0.15) is 23.1 Å². The molecule has 3 rings (SSSR count). The number of para-hydroxylation sites is 2. The molecule has 0 aliphatic heterocycles. The fourth-order valence-corrected chi connectivity index (χ4v) is 4.19. The second-order valence-electron chi connectivity index (χ2n) is 7.35. The van der Waals surface area contributed by atoms with Crippen molar-refractivity contribution in [2.24, 2.45) is 0 Å². The van der Waals surface area contributed by atoms with E-state index in [-0.39, 0.29) is 24.4 Å². The van der Waals surface area contributed by atoms with Crippen LogP contribution < -0.4 is 15.5 Å². The van der Waals surface area contributed by atoms with Crippen molar-refractivity contribution in [3.8, 4) is 0 Å².